The molecule has 2 rings (SSSR count). The lowest BCUT2D eigenvalue weighted by Crippen LogP contribution is -2.26. The van der Waals surface area contributed by atoms with Crippen molar-refractivity contribution in [1.82, 2.24) is 10.3 Å². The van der Waals surface area contributed by atoms with Gasteiger partial charge in [-0.05, 0) is 12.1 Å². The molecule has 2 aromatic rings. The fourth-order valence-electron chi connectivity index (χ4n) is 1.49. The van der Waals surface area contributed by atoms with Gasteiger partial charge in [-0.15, -0.1) is 11.3 Å². The molecular weight excluding hydrogens is 270 g/mol. The van der Waals surface area contributed by atoms with E-state index in [0.717, 1.165) is 5.69 Å². The van der Waals surface area contributed by atoms with E-state index in [2.05, 4.69) is 10.3 Å². The maximum atomic E-state index is 11.9. The number of nitrogens with zero attached hydrogens (tertiary/aromatic N) is 1. The minimum atomic E-state index is -0.220. The fourth-order valence-corrected chi connectivity index (χ4v) is 2.29. The number of halogens is 1. The Balaban J connectivity index is 1.93. The molecule has 0 saturated carbocycles. The highest BCUT2D eigenvalue weighted by atomic mass is 35.5. The van der Waals surface area contributed by atoms with Gasteiger partial charge in [0.15, 0.2) is 0 Å². The van der Waals surface area contributed by atoms with Crippen molar-refractivity contribution < 1.29 is 4.79 Å². The van der Waals surface area contributed by atoms with Gasteiger partial charge in [0.05, 0.1) is 27.5 Å². The molecule has 0 saturated heterocycles. The zero-order chi connectivity index (χ0) is 13.0. The Kier molecular flexibility index (Phi) is 4.17. The number of hydrogen-bond donors (Lipinski definition) is 2. The normalized spacial score (nSPS) is 10.3. The average Bonchev–Trinajstić information content (AvgIpc) is 2.85. The van der Waals surface area contributed by atoms with Gasteiger partial charge in [0, 0.05) is 18.3 Å². The van der Waals surface area contributed by atoms with Crippen LogP contribution in [0, 0.1) is 0 Å². The molecule has 4 nitrogen and oxygen atoms in total. The first-order valence-electron chi connectivity index (χ1n) is 5.37. The van der Waals surface area contributed by atoms with Crippen LogP contribution in [0.1, 0.15) is 16.1 Å². The van der Waals surface area contributed by atoms with E-state index in [4.69, 9.17) is 17.3 Å². The molecule has 0 aliphatic heterocycles. The molecule has 0 unspecified atom stereocenters. The number of nitrogens with one attached hydrogen (secondary N) is 1. The zero-order valence-electron chi connectivity index (χ0n) is 9.52. The van der Waals surface area contributed by atoms with Gasteiger partial charge in [0.1, 0.15) is 0 Å². The molecule has 1 amide bonds. The summed E-state index contributed by atoms with van der Waals surface area (Å²) in [6.07, 6.45) is 0.704. The molecule has 0 aliphatic carbocycles. The lowest BCUT2D eigenvalue weighted by molar-refractivity contribution is 0.0954. The van der Waals surface area contributed by atoms with E-state index in [9.17, 15) is 4.79 Å². The minimum absolute atomic E-state index is 0.220. The topological polar surface area (TPSA) is 68.0 Å². The third kappa shape index (κ3) is 3.00. The Bertz CT molecular complexity index is 542. The van der Waals surface area contributed by atoms with Crippen LogP contribution in [0.15, 0.2) is 29.1 Å². The summed E-state index contributed by atoms with van der Waals surface area (Å²) in [7, 11) is 0. The first-order valence-corrected chi connectivity index (χ1v) is 6.70. The summed E-state index contributed by atoms with van der Waals surface area (Å²) >= 11 is 7.51. The summed E-state index contributed by atoms with van der Waals surface area (Å²) < 4.78 is 0. The summed E-state index contributed by atoms with van der Waals surface area (Å²) in [6, 6.07) is 5.02. The number of aromatic nitrogens is 1. The second-order valence-corrected chi connectivity index (χ2v) is 4.79. The second-order valence-electron chi connectivity index (χ2n) is 3.69. The third-order valence-corrected chi connectivity index (χ3v) is 3.48. The number of nitrogens with two attached hydrogens (primary N) is 1. The van der Waals surface area contributed by atoms with Gasteiger partial charge < -0.3 is 11.1 Å². The van der Waals surface area contributed by atoms with Crippen LogP contribution in [0.5, 0.6) is 0 Å². The van der Waals surface area contributed by atoms with E-state index < -0.39 is 0 Å². The Hall–Kier alpha value is -1.59. The van der Waals surface area contributed by atoms with Gasteiger partial charge in [-0.1, -0.05) is 17.7 Å². The van der Waals surface area contributed by atoms with Crippen molar-refractivity contribution in [2.45, 2.75) is 6.42 Å². The zero-order valence-corrected chi connectivity index (χ0v) is 11.1. The van der Waals surface area contributed by atoms with E-state index in [1.54, 1.807) is 23.7 Å². The average molecular weight is 282 g/mol. The maximum Gasteiger partial charge on any atom is 0.252 e. The van der Waals surface area contributed by atoms with E-state index >= 15 is 0 Å². The lowest BCUT2D eigenvalue weighted by Gasteiger charge is -2.07. The Labute approximate surface area is 114 Å². The summed E-state index contributed by atoms with van der Waals surface area (Å²) in [5.41, 5.74) is 9.19. The molecule has 94 valence electrons. The first-order chi connectivity index (χ1) is 8.68. The highest BCUT2D eigenvalue weighted by Crippen LogP contribution is 2.22. The van der Waals surface area contributed by atoms with Crippen molar-refractivity contribution >= 4 is 34.5 Å². The second kappa shape index (κ2) is 5.84. The number of nitrogen functional groups attached to an aromatic ring is 1. The van der Waals surface area contributed by atoms with Crippen LogP contribution in [-0.2, 0) is 6.42 Å². The highest BCUT2D eigenvalue weighted by molar-refractivity contribution is 7.07. The predicted octanol–water partition coefficient (Wildman–Crippen LogP) is 2.35. The largest absolute Gasteiger partial charge is 0.398 e. The van der Waals surface area contributed by atoms with Crippen LogP contribution in [0.2, 0.25) is 5.02 Å². The van der Waals surface area contributed by atoms with Crippen LogP contribution in [0.3, 0.4) is 0 Å². The first kappa shape index (κ1) is 12.9. The number of carbonyl (C=O) groups is 1. The third-order valence-electron chi connectivity index (χ3n) is 2.42. The van der Waals surface area contributed by atoms with E-state index in [1.807, 2.05) is 5.38 Å². The number of hydrogen-bond acceptors (Lipinski definition) is 4. The fraction of sp³-hybridized carbons (Fsp3) is 0.167. The molecule has 6 heteroatoms. The van der Waals surface area contributed by atoms with Gasteiger partial charge in [0.25, 0.3) is 5.91 Å². The molecule has 0 bridgehead atoms. The van der Waals surface area contributed by atoms with Gasteiger partial charge in [-0.3, -0.25) is 4.79 Å². The number of thiazole rings is 1. The molecule has 1 aromatic carbocycles. The number of anilines is 1. The van der Waals surface area contributed by atoms with Crippen molar-refractivity contribution in [3.05, 3.63) is 45.4 Å². The van der Waals surface area contributed by atoms with Gasteiger partial charge >= 0.3 is 0 Å². The van der Waals surface area contributed by atoms with Gasteiger partial charge in [-0.2, -0.15) is 0 Å². The molecule has 0 radical (unpaired) electrons. The minimum Gasteiger partial charge on any atom is -0.398 e. The molecule has 0 fully saturated rings. The molecule has 0 aliphatic rings. The quantitative estimate of drug-likeness (QED) is 0.846. The van der Waals surface area contributed by atoms with Crippen LogP contribution in [0.4, 0.5) is 5.69 Å². The van der Waals surface area contributed by atoms with Crippen molar-refractivity contribution in [2.24, 2.45) is 0 Å². The smallest absolute Gasteiger partial charge is 0.252 e. The molecule has 1 aromatic heterocycles. The summed E-state index contributed by atoms with van der Waals surface area (Å²) in [4.78, 5) is 16.0. The number of amides is 1. The van der Waals surface area contributed by atoms with Crippen LogP contribution in [-0.4, -0.2) is 17.4 Å². The van der Waals surface area contributed by atoms with Gasteiger partial charge in [-0.25, -0.2) is 4.98 Å². The number of benzene rings is 1. The summed E-state index contributed by atoms with van der Waals surface area (Å²) in [6.45, 7) is 0.522. The van der Waals surface area contributed by atoms with Gasteiger partial charge in [0.2, 0.25) is 0 Å². The van der Waals surface area contributed by atoms with Crippen LogP contribution < -0.4 is 11.1 Å². The summed E-state index contributed by atoms with van der Waals surface area (Å²) in [5.74, 6) is -0.220. The Morgan fingerprint density at radius 3 is 3.06 bits per heavy atom. The van der Waals surface area contributed by atoms with Crippen molar-refractivity contribution in [3.8, 4) is 0 Å². The molecule has 0 spiro atoms. The monoisotopic (exact) mass is 281 g/mol. The van der Waals surface area contributed by atoms with E-state index in [1.165, 1.54) is 11.3 Å². The molecule has 18 heavy (non-hydrogen) atoms. The molecular formula is C12H12ClN3OS. The number of rotatable bonds is 4. The molecule has 3 N–H and O–H groups in total. The van der Waals surface area contributed by atoms with Crippen LogP contribution in [0.25, 0.3) is 0 Å². The summed E-state index contributed by atoms with van der Waals surface area (Å²) in [5, 5.41) is 5.04. The standard InChI is InChI=1S/C12H12ClN3OS/c13-11-9(2-1-3-10(11)14)12(17)15-5-4-8-6-18-7-16-8/h1-3,6-7H,4-5,14H2,(H,15,17). The predicted molar refractivity (Wildman–Crippen MR) is 74.0 cm³/mol. The lowest BCUT2D eigenvalue weighted by atomic mass is 10.2. The number of carbonyl (C=O) groups excluding carboxylic acids is 1. The van der Waals surface area contributed by atoms with Crippen molar-refractivity contribution in [2.75, 3.05) is 12.3 Å². The van der Waals surface area contributed by atoms with E-state index in [0.29, 0.717) is 29.2 Å². The highest BCUT2D eigenvalue weighted by Gasteiger charge is 2.11. The molecule has 1 heterocycles. The molecule has 0 atom stereocenters. The van der Waals surface area contributed by atoms with E-state index in [-0.39, 0.29) is 5.91 Å². The maximum absolute atomic E-state index is 11.9. The van der Waals surface area contributed by atoms with Crippen LogP contribution >= 0.6 is 22.9 Å². The Morgan fingerprint density at radius 2 is 2.33 bits per heavy atom. The van der Waals surface area contributed by atoms with Crippen molar-refractivity contribution in [3.63, 3.8) is 0 Å². The Morgan fingerprint density at radius 1 is 1.50 bits per heavy atom. The van der Waals surface area contributed by atoms with Crippen molar-refractivity contribution in [1.29, 1.82) is 0 Å². The SMILES string of the molecule is Nc1cccc(C(=O)NCCc2cscn2)c1Cl.